The molecule has 0 bridgehead atoms. The maximum absolute atomic E-state index is 11.9. The van der Waals surface area contributed by atoms with E-state index in [1.54, 1.807) is 24.7 Å². The van der Waals surface area contributed by atoms with E-state index in [1.165, 1.54) is 6.08 Å². The van der Waals surface area contributed by atoms with Crippen molar-refractivity contribution in [1.82, 2.24) is 15.3 Å². The molecule has 0 fully saturated rings. The van der Waals surface area contributed by atoms with E-state index >= 15 is 0 Å². The molecule has 2 aromatic heterocycles. The second-order valence-corrected chi connectivity index (χ2v) is 6.94. The smallest absolute Gasteiger partial charge is 0.250 e. The minimum atomic E-state index is -0.465. The fourth-order valence-electron chi connectivity index (χ4n) is 3.45. The molecule has 0 radical (unpaired) electrons. The second-order valence-electron chi connectivity index (χ2n) is 6.94. The predicted octanol–water partition coefficient (Wildman–Crippen LogP) is 3.08. The van der Waals surface area contributed by atoms with E-state index in [9.17, 15) is 9.59 Å². The van der Waals surface area contributed by atoms with E-state index in [1.807, 2.05) is 48.5 Å². The lowest BCUT2D eigenvalue weighted by atomic mass is 9.95. The van der Waals surface area contributed by atoms with E-state index in [2.05, 4.69) is 15.3 Å². The first kappa shape index (κ1) is 20.1. The van der Waals surface area contributed by atoms with Crippen LogP contribution in [0.3, 0.4) is 0 Å². The number of hydrogen-bond donors (Lipinski definition) is 4. The molecule has 4 aromatic rings. The number of aromatic amines is 1. The highest BCUT2D eigenvalue weighted by Gasteiger charge is 2.16. The van der Waals surface area contributed by atoms with Crippen LogP contribution in [0.5, 0.6) is 0 Å². The van der Waals surface area contributed by atoms with Gasteiger partial charge >= 0.3 is 0 Å². The molecule has 0 unspecified atom stereocenters. The summed E-state index contributed by atoms with van der Waals surface area (Å²) in [5, 5.41) is 3.32. The number of hydrogen-bond acceptors (Lipinski definition) is 4. The Balaban J connectivity index is 0.000000407. The quantitative estimate of drug-likeness (QED) is 0.411. The van der Waals surface area contributed by atoms with Gasteiger partial charge in [0.1, 0.15) is 0 Å². The van der Waals surface area contributed by atoms with Gasteiger partial charge in [0.05, 0.1) is 11.1 Å². The van der Waals surface area contributed by atoms with Crippen LogP contribution in [0.1, 0.15) is 15.9 Å². The Labute approximate surface area is 178 Å². The van der Waals surface area contributed by atoms with Crippen molar-refractivity contribution in [2.45, 2.75) is 6.54 Å². The van der Waals surface area contributed by atoms with Crippen molar-refractivity contribution in [2.75, 3.05) is 0 Å². The molecule has 0 spiro atoms. The predicted molar refractivity (Wildman–Crippen MR) is 121 cm³/mol. The fraction of sp³-hybridized carbons (Fsp3) is 0.0417. The number of pyridine rings is 1. The molecule has 0 atom stereocenters. The van der Waals surface area contributed by atoms with Crippen LogP contribution in [-0.2, 0) is 11.3 Å². The standard InChI is InChI=1S/C21H18N4O.C3H3NO/c22-11-13-4-1-2-6-15(13)16-7-8-17(21(23)26)20-18(16)10-19(25-20)14-5-3-9-24-12-14;5-3-1-2-4-3/h1-10,12,25H,11,22H2,(H2,23,26);1-2H,(H,4,5). The minimum absolute atomic E-state index is 0.00463. The lowest BCUT2D eigenvalue weighted by Crippen LogP contribution is -2.22. The monoisotopic (exact) mass is 411 g/mol. The van der Waals surface area contributed by atoms with Gasteiger partial charge < -0.3 is 21.8 Å². The van der Waals surface area contributed by atoms with Crippen LogP contribution >= 0.6 is 0 Å². The van der Waals surface area contributed by atoms with E-state index in [0.717, 1.165) is 38.9 Å². The summed E-state index contributed by atoms with van der Waals surface area (Å²) in [6.45, 7) is 0.440. The molecule has 0 saturated carbocycles. The molecule has 2 aromatic carbocycles. The van der Waals surface area contributed by atoms with Crippen LogP contribution in [0.25, 0.3) is 33.3 Å². The fourth-order valence-corrected chi connectivity index (χ4v) is 3.45. The van der Waals surface area contributed by atoms with Crippen molar-refractivity contribution < 1.29 is 9.59 Å². The van der Waals surface area contributed by atoms with Crippen molar-refractivity contribution in [3.8, 4) is 22.4 Å². The number of nitrogens with two attached hydrogens (primary N) is 2. The lowest BCUT2D eigenvalue weighted by Gasteiger charge is -2.10. The molecule has 3 heterocycles. The molecule has 5 rings (SSSR count). The van der Waals surface area contributed by atoms with Crippen molar-refractivity contribution >= 4 is 22.7 Å². The Morgan fingerprint density at radius 1 is 1.03 bits per heavy atom. The zero-order chi connectivity index (χ0) is 21.8. The van der Waals surface area contributed by atoms with Crippen molar-refractivity contribution in [1.29, 1.82) is 0 Å². The number of carbonyl (C=O) groups is 2. The van der Waals surface area contributed by atoms with Gasteiger partial charge in [-0.25, -0.2) is 0 Å². The van der Waals surface area contributed by atoms with Crippen LogP contribution in [0.2, 0.25) is 0 Å². The molecular formula is C24H21N5O2. The lowest BCUT2D eigenvalue weighted by molar-refractivity contribution is -0.117. The number of H-pyrrole nitrogens is 1. The Morgan fingerprint density at radius 2 is 1.81 bits per heavy atom. The maximum Gasteiger partial charge on any atom is 0.250 e. The van der Waals surface area contributed by atoms with Crippen LogP contribution in [0, 0.1) is 0 Å². The van der Waals surface area contributed by atoms with E-state index in [-0.39, 0.29) is 5.91 Å². The highest BCUT2D eigenvalue weighted by molar-refractivity contribution is 6.10. The number of amides is 2. The number of carbonyl (C=O) groups excluding carboxylic acids is 2. The van der Waals surface area contributed by atoms with Crippen LogP contribution < -0.4 is 16.8 Å². The summed E-state index contributed by atoms with van der Waals surface area (Å²) in [6.07, 6.45) is 6.58. The van der Waals surface area contributed by atoms with Gasteiger partial charge in [0.25, 0.3) is 5.91 Å². The molecular weight excluding hydrogens is 390 g/mol. The molecule has 154 valence electrons. The average molecular weight is 411 g/mol. The Morgan fingerprint density at radius 3 is 2.42 bits per heavy atom. The van der Waals surface area contributed by atoms with Crippen LogP contribution in [0.15, 0.2) is 79.3 Å². The zero-order valence-corrected chi connectivity index (χ0v) is 16.6. The van der Waals surface area contributed by atoms with Gasteiger partial charge in [0.2, 0.25) is 5.91 Å². The molecule has 1 aliphatic rings. The Kier molecular flexibility index (Phi) is 5.59. The van der Waals surface area contributed by atoms with Crippen molar-refractivity contribution in [2.24, 2.45) is 11.5 Å². The van der Waals surface area contributed by atoms with Gasteiger partial charge in [-0.15, -0.1) is 0 Å². The summed E-state index contributed by atoms with van der Waals surface area (Å²) in [5.74, 6) is -0.460. The zero-order valence-electron chi connectivity index (χ0n) is 16.6. The summed E-state index contributed by atoms with van der Waals surface area (Å²) in [6, 6.07) is 17.6. The average Bonchev–Trinajstić information content (AvgIpc) is 3.23. The molecule has 2 amide bonds. The molecule has 1 aliphatic heterocycles. The van der Waals surface area contributed by atoms with Gasteiger partial charge in [-0.05, 0) is 41.0 Å². The number of fused-ring (bicyclic) bond motifs is 1. The molecule has 7 nitrogen and oxygen atoms in total. The maximum atomic E-state index is 11.9. The SMILES string of the molecule is NCc1ccccc1-c1ccc(C(N)=O)c2[nH]c(-c3cccnc3)cc12.O=C1C=CN1. The summed E-state index contributed by atoms with van der Waals surface area (Å²) >= 11 is 0. The van der Waals surface area contributed by atoms with Crippen LogP contribution in [0.4, 0.5) is 0 Å². The number of nitrogens with one attached hydrogen (secondary N) is 2. The summed E-state index contributed by atoms with van der Waals surface area (Å²) < 4.78 is 0. The Hall–Kier alpha value is -4.23. The van der Waals surface area contributed by atoms with Gasteiger partial charge in [-0.1, -0.05) is 30.3 Å². The van der Waals surface area contributed by atoms with Gasteiger partial charge in [-0.2, -0.15) is 0 Å². The van der Waals surface area contributed by atoms with Gasteiger partial charge in [-0.3, -0.25) is 14.6 Å². The summed E-state index contributed by atoms with van der Waals surface area (Å²) in [5.41, 5.74) is 17.6. The van der Waals surface area contributed by atoms with E-state index < -0.39 is 5.91 Å². The molecule has 31 heavy (non-hydrogen) atoms. The van der Waals surface area contributed by atoms with Gasteiger partial charge in [0, 0.05) is 47.9 Å². The first-order chi connectivity index (χ1) is 15.1. The third-order valence-electron chi connectivity index (χ3n) is 5.02. The third-order valence-corrected chi connectivity index (χ3v) is 5.02. The first-order valence-corrected chi connectivity index (χ1v) is 9.70. The van der Waals surface area contributed by atoms with Crippen molar-refractivity contribution in [3.05, 3.63) is 90.4 Å². The second kappa shape index (κ2) is 8.64. The van der Waals surface area contributed by atoms with Crippen molar-refractivity contribution in [3.63, 3.8) is 0 Å². The first-order valence-electron chi connectivity index (χ1n) is 9.70. The summed E-state index contributed by atoms with van der Waals surface area (Å²) in [4.78, 5) is 29.1. The summed E-state index contributed by atoms with van der Waals surface area (Å²) in [7, 11) is 0. The number of rotatable bonds is 4. The molecule has 6 N–H and O–H groups in total. The topological polar surface area (TPSA) is 127 Å². The number of nitrogens with zero attached hydrogens (tertiary/aromatic N) is 1. The van der Waals surface area contributed by atoms with E-state index in [4.69, 9.17) is 11.5 Å². The Bertz CT molecular complexity index is 1290. The van der Waals surface area contributed by atoms with Crippen LogP contribution in [-0.4, -0.2) is 21.8 Å². The third kappa shape index (κ3) is 4.08. The highest BCUT2D eigenvalue weighted by Crippen LogP contribution is 2.35. The van der Waals surface area contributed by atoms with E-state index in [0.29, 0.717) is 12.1 Å². The minimum Gasteiger partial charge on any atom is -0.366 e. The highest BCUT2D eigenvalue weighted by atomic mass is 16.2. The number of primary amides is 1. The molecule has 0 aliphatic carbocycles. The largest absolute Gasteiger partial charge is 0.366 e. The molecule has 0 saturated heterocycles. The number of benzene rings is 2. The number of aromatic nitrogens is 2. The normalized spacial score (nSPS) is 12.0. The van der Waals surface area contributed by atoms with Gasteiger partial charge in [0.15, 0.2) is 0 Å². The molecule has 7 heteroatoms.